The van der Waals surface area contributed by atoms with Gasteiger partial charge in [-0.15, -0.1) is 0 Å². The van der Waals surface area contributed by atoms with Gasteiger partial charge in [-0.25, -0.2) is 0 Å². The monoisotopic (exact) mass is 342 g/mol. The van der Waals surface area contributed by atoms with E-state index in [0.29, 0.717) is 10.8 Å². The van der Waals surface area contributed by atoms with E-state index in [0.717, 1.165) is 36.5 Å². The van der Waals surface area contributed by atoms with Crippen molar-refractivity contribution in [2.75, 3.05) is 0 Å². The maximum atomic E-state index is 10.2. The molecule has 0 aromatic carbocycles. The lowest BCUT2D eigenvalue weighted by Crippen LogP contribution is -2.45. The predicted octanol–water partition coefficient (Wildman–Crippen LogP) is 6.28. The van der Waals surface area contributed by atoms with Crippen LogP contribution in [-0.2, 0) is 0 Å². The van der Waals surface area contributed by atoms with E-state index in [2.05, 4.69) is 39.8 Å². The van der Waals surface area contributed by atoms with E-state index in [9.17, 15) is 5.11 Å². The first-order valence-electron chi connectivity index (χ1n) is 10.9. The van der Waals surface area contributed by atoms with Gasteiger partial charge in [0.15, 0.2) is 0 Å². The topological polar surface area (TPSA) is 20.2 Å². The van der Waals surface area contributed by atoms with Crippen molar-refractivity contribution in [1.82, 2.24) is 0 Å². The fourth-order valence-corrected chi connectivity index (χ4v) is 7.83. The highest BCUT2D eigenvalue weighted by Crippen LogP contribution is 2.65. The van der Waals surface area contributed by atoms with E-state index in [1.807, 2.05) is 0 Å². The Kier molecular flexibility index (Phi) is 4.46. The first-order chi connectivity index (χ1) is 11.9. The molecule has 1 N–H and O–H groups in total. The van der Waals surface area contributed by atoms with Crippen molar-refractivity contribution in [3.8, 4) is 0 Å². The molecule has 0 amide bonds. The smallest absolute Gasteiger partial charge is 0.0577 e. The minimum absolute atomic E-state index is 0.0832. The van der Waals surface area contributed by atoms with Crippen molar-refractivity contribution in [2.45, 2.75) is 91.6 Å². The second-order valence-corrected chi connectivity index (χ2v) is 10.2. The van der Waals surface area contributed by atoms with E-state index < -0.39 is 0 Å². The highest BCUT2D eigenvalue weighted by molar-refractivity contribution is 5.25. The van der Waals surface area contributed by atoms with Gasteiger partial charge in [0.2, 0.25) is 0 Å². The summed E-state index contributed by atoms with van der Waals surface area (Å²) in [4.78, 5) is 0. The second-order valence-electron chi connectivity index (χ2n) is 10.2. The van der Waals surface area contributed by atoms with Gasteiger partial charge >= 0.3 is 0 Å². The van der Waals surface area contributed by atoms with Gasteiger partial charge in [0.25, 0.3) is 0 Å². The Balaban J connectivity index is 1.69. The molecule has 4 rings (SSSR count). The van der Waals surface area contributed by atoms with Gasteiger partial charge in [0.05, 0.1) is 6.10 Å². The maximum absolute atomic E-state index is 10.2. The quantitative estimate of drug-likeness (QED) is 0.556. The van der Waals surface area contributed by atoms with Gasteiger partial charge in [-0.05, 0) is 99.7 Å². The summed E-state index contributed by atoms with van der Waals surface area (Å²) in [7, 11) is 0. The van der Waals surface area contributed by atoms with Crippen LogP contribution in [0.25, 0.3) is 0 Å². The summed E-state index contributed by atoms with van der Waals surface area (Å²) in [6.45, 7) is 9.80. The molecule has 0 bridgehead atoms. The van der Waals surface area contributed by atoms with Crippen LogP contribution in [0.4, 0.5) is 0 Å². The number of fused-ring (bicyclic) bond motifs is 5. The Morgan fingerprint density at radius 3 is 2.68 bits per heavy atom. The van der Waals surface area contributed by atoms with E-state index in [4.69, 9.17) is 0 Å². The summed E-state index contributed by atoms with van der Waals surface area (Å²) in [5, 5.41) is 10.2. The molecule has 7 atom stereocenters. The Hall–Kier alpha value is -0.560. The number of rotatable bonds is 1. The normalized spacial score (nSPS) is 50.4. The zero-order valence-electron chi connectivity index (χ0n) is 16.9. The molecule has 0 aliphatic heterocycles. The molecule has 25 heavy (non-hydrogen) atoms. The third-order valence-corrected chi connectivity index (χ3v) is 9.32. The molecule has 140 valence electrons. The highest BCUT2D eigenvalue weighted by atomic mass is 16.3. The molecule has 0 aromatic rings. The lowest BCUT2D eigenvalue weighted by molar-refractivity contribution is 0.0166. The Bertz CT molecular complexity index is 587. The molecule has 3 fully saturated rings. The van der Waals surface area contributed by atoms with Crippen molar-refractivity contribution >= 4 is 0 Å². The standard InChI is InChI=1S/C24H38O/c1-5-16(2)20-10-11-22-19-9-8-17-15-18(25)12-14-23(17,3)21(19)7-6-13-24(20,22)4/h5,8,18-22,25H,6-7,9-15H2,1-4H3/b16-5+. The van der Waals surface area contributed by atoms with Crippen molar-refractivity contribution in [1.29, 1.82) is 0 Å². The Morgan fingerprint density at radius 1 is 1.12 bits per heavy atom. The van der Waals surface area contributed by atoms with Crippen LogP contribution >= 0.6 is 0 Å². The summed E-state index contributed by atoms with van der Waals surface area (Å²) in [5.41, 5.74) is 4.14. The van der Waals surface area contributed by atoms with Gasteiger partial charge in [0.1, 0.15) is 0 Å². The SMILES string of the molecule is C/C=C(\C)C1CCC2C3CC=C4CC(O)CCC4(C)C3CCCC12C. The van der Waals surface area contributed by atoms with E-state index >= 15 is 0 Å². The zero-order chi connectivity index (χ0) is 17.8. The van der Waals surface area contributed by atoms with Crippen LogP contribution < -0.4 is 0 Å². The van der Waals surface area contributed by atoms with E-state index in [-0.39, 0.29) is 6.10 Å². The van der Waals surface area contributed by atoms with Crippen molar-refractivity contribution in [2.24, 2.45) is 34.5 Å². The maximum Gasteiger partial charge on any atom is 0.0577 e. The average molecular weight is 343 g/mol. The van der Waals surface area contributed by atoms with Gasteiger partial charge in [0, 0.05) is 0 Å². The average Bonchev–Trinajstić information content (AvgIpc) is 2.85. The Labute approximate surface area is 155 Å². The first-order valence-corrected chi connectivity index (χ1v) is 10.9. The molecule has 0 aromatic heterocycles. The minimum Gasteiger partial charge on any atom is -0.393 e. The lowest BCUT2D eigenvalue weighted by Gasteiger charge is -2.52. The van der Waals surface area contributed by atoms with Crippen LogP contribution in [-0.4, -0.2) is 11.2 Å². The molecule has 4 aliphatic rings. The van der Waals surface area contributed by atoms with Gasteiger partial charge < -0.3 is 5.11 Å². The van der Waals surface area contributed by atoms with Crippen molar-refractivity contribution in [3.05, 3.63) is 23.3 Å². The van der Waals surface area contributed by atoms with Crippen LogP contribution in [0.15, 0.2) is 23.3 Å². The van der Waals surface area contributed by atoms with Crippen LogP contribution in [0.5, 0.6) is 0 Å². The summed E-state index contributed by atoms with van der Waals surface area (Å²) in [6.07, 6.45) is 16.4. The van der Waals surface area contributed by atoms with E-state index in [1.165, 1.54) is 44.9 Å². The summed E-state index contributed by atoms with van der Waals surface area (Å²) >= 11 is 0. The molecule has 7 unspecified atom stereocenters. The number of allylic oxidation sites excluding steroid dienone is 3. The molecule has 4 aliphatic carbocycles. The third kappa shape index (κ3) is 2.59. The van der Waals surface area contributed by atoms with Crippen molar-refractivity contribution in [3.63, 3.8) is 0 Å². The van der Waals surface area contributed by atoms with Crippen molar-refractivity contribution < 1.29 is 5.11 Å². The van der Waals surface area contributed by atoms with Gasteiger partial charge in [-0.2, -0.15) is 0 Å². The first kappa shape index (κ1) is 17.8. The number of hydrogen-bond acceptors (Lipinski definition) is 1. The molecular weight excluding hydrogens is 304 g/mol. The zero-order valence-corrected chi connectivity index (χ0v) is 16.9. The van der Waals surface area contributed by atoms with Gasteiger partial charge in [-0.1, -0.05) is 43.6 Å². The fraction of sp³-hybridized carbons (Fsp3) is 0.833. The molecule has 0 heterocycles. The largest absolute Gasteiger partial charge is 0.393 e. The molecule has 1 heteroatoms. The van der Waals surface area contributed by atoms with Crippen LogP contribution in [0.1, 0.15) is 85.5 Å². The number of aliphatic hydroxyl groups is 1. The highest BCUT2D eigenvalue weighted by Gasteiger charge is 2.56. The third-order valence-electron chi connectivity index (χ3n) is 9.32. The number of aliphatic hydroxyl groups excluding tert-OH is 1. The van der Waals surface area contributed by atoms with Crippen LogP contribution in [0.3, 0.4) is 0 Å². The van der Waals surface area contributed by atoms with Crippen LogP contribution in [0.2, 0.25) is 0 Å². The summed E-state index contributed by atoms with van der Waals surface area (Å²) < 4.78 is 0. The lowest BCUT2D eigenvalue weighted by atomic mass is 9.53. The molecule has 0 saturated heterocycles. The fourth-order valence-electron chi connectivity index (χ4n) is 7.83. The van der Waals surface area contributed by atoms with Crippen LogP contribution in [0, 0.1) is 34.5 Å². The summed E-state index contributed by atoms with van der Waals surface area (Å²) in [5.74, 6) is 3.46. The molecular formula is C24H38O. The molecule has 0 spiro atoms. The Morgan fingerprint density at radius 2 is 1.92 bits per heavy atom. The minimum atomic E-state index is -0.0832. The second kappa shape index (κ2) is 6.25. The number of hydrogen-bond donors (Lipinski definition) is 1. The summed E-state index contributed by atoms with van der Waals surface area (Å²) in [6, 6.07) is 0. The van der Waals surface area contributed by atoms with E-state index in [1.54, 1.807) is 11.1 Å². The molecule has 3 saturated carbocycles. The van der Waals surface area contributed by atoms with Gasteiger partial charge in [-0.3, -0.25) is 0 Å². The predicted molar refractivity (Wildman–Crippen MR) is 105 cm³/mol. The molecule has 0 radical (unpaired) electrons. The molecule has 1 nitrogen and oxygen atoms in total.